The quantitative estimate of drug-likeness (QED) is 0.747. The highest BCUT2D eigenvalue weighted by atomic mass is 16.5. The van der Waals surface area contributed by atoms with E-state index in [1.54, 1.807) is 16.9 Å². The van der Waals surface area contributed by atoms with E-state index in [9.17, 15) is 14.4 Å². The molecule has 1 heterocycles. The lowest BCUT2D eigenvalue weighted by Crippen LogP contribution is -2.43. The molecule has 1 aromatic carbocycles. The average molecular weight is 377 g/mol. The summed E-state index contributed by atoms with van der Waals surface area (Å²) in [5.41, 5.74) is 1.08. The van der Waals surface area contributed by atoms with Gasteiger partial charge in [0.25, 0.3) is 0 Å². The Kier molecular flexibility index (Phi) is 7.91. The van der Waals surface area contributed by atoms with Crippen LogP contribution in [0.2, 0.25) is 0 Å². The van der Waals surface area contributed by atoms with Crippen molar-refractivity contribution in [2.45, 2.75) is 25.7 Å². The molecule has 0 saturated carbocycles. The Hall–Kier alpha value is -2.77. The highest BCUT2D eigenvalue weighted by Gasteiger charge is 2.21. The Balaban J connectivity index is 1.76. The molecule has 27 heavy (non-hydrogen) atoms. The third kappa shape index (κ3) is 6.80. The molecular weight excluding hydrogens is 350 g/mol. The molecule has 0 atom stereocenters. The van der Waals surface area contributed by atoms with Crippen LogP contribution in [0.4, 0.5) is 4.79 Å². The largest absolute Gasteiger partial charge is 0.497 e. The molecule has 0 radical (unpaired) electrons. The van der Waals surface area contributed by atoms with Gasteiger partial charge < -0.3 is 25.0 Å². The topological polar surface area (TPSA) is 99.2 Å². The van der Waals surface area contributed by atoms with Crippen LogP contribution in [0, 0.1) is 0 Å². The molecule has 148 valence electrons. The van der Waals surface area contributed by atoms with Crippen LogP contribution in [0.5, 0.6) is 5.75 Å². The molecule has 1 saturated heterocycles. The Labute approximate surface area is 159 Å². The van der Waals surface area contributed by atoms with Gasteiger partial charge in [0, 0.05) is 39.1 Å². The Bertz CT molecular complexity index is 647. The molecule has 0 aliphatic carbocycles. The molecule has 0 bridgehead atoms. The van der Waals surface area contributed by atoms with Crippen molar-refractivity contribution in [1.82, 2.24) is 15.1 Å². The number of rotatable bonds is 7. The second-order valence-electron chi connectivity index (χ2n) is 6.45. The lowest BCUT2D eigenvalue weighted by atomic mass is 10.1. The molecule has 0 unspecified atom stereocenters. The maximum Gasteiger partial charge on any atom is 0.317 e. The fraction of sp³-hybridized carbons (Fsp3) is 0.526. The molecule has 0 spiro atoms. The Morgan fingerprint density at radius 2 is 1.70 bits per heavy atom. The highest BCUT2D eigenvalue weighted by molar-refractivity contribution is 5.77. The molecule has 2 N–H and O–H groups in total. The predicted molar refractivity (Wildman–Crippen MR) is 99.7 cm³/mol. The number of aliphatic carboxylic acids is 1. The number of aryl methyl sites for hydroxylation is 1. The van der Waals surface area contributed by atoms with Crippen molar-refractivity contribution in [3.05, 3.63) is 29.8 Å². The second kappa shape index (κ2) is 10.4. The molecule has 1 fully saturated rings. The number of nitrogens with one attached hydrogen (secondary N) is 1. The van der Waals surface area contributed by atoms with Crippen molar-refractivity contribution in [2.75, 3.05) is 39.8 Å². The number of benzene rings is 1. The van der Waals surface area contributed by atoms with E-state index in [1.165, 1.54) is 0 Å². The van der Waals surface area contributed by atoms with Gasteiger partial charge >= 0.3 is 12.0 Å². The summed E-state index contributed by atoms with van der Waals surface area (Å²) in [5, 5.41) is 11.2. The smallest absolute Gasteiger partial charge is 0.317 e. The van der Waals surface area contributed by atoms with Gasteiger partial charge in [-0.3, -0.25) is 9.59 Å². The number of methoxy groups -OCH3 is 1. The SMILES string of the molecule is COc1ccc(CCC(=O)N2CCCN(C(=O)NCCC(=O)O)CC2)cc1. The van der Waals surface area contributed by atoms with Crippen LogP contribution >= 0.6 is 0 Å². The van der Waals surface area contributed by atoms with Crippen LogP contribution in [0.15, 0.2) is 24.3 Å². The van der Waals surface area contributed by atoms with Gasteiger partial charge in [-0.15, -0.1) is 0 Å². The maximum atomic E-state index is 12.5. The van der Waals surface area contributed by atoms with Gasteiger partial charge in [-0.2, -0.15) is 0 Å². The third-order valence-electron chi connectivity index (χ3n) is 4.54. The summed E-state index contributed by atoms with van der Waals surface area (Å²) in [6.07, 6.45) is 1.70. The van der Waals surface area contributed by atoms with Gasteiger partial charge in [-0.25, -0.2) is 4.79 Å². The van der Waals surface area contributed by atoms with E-state index in [1.807, 2.05) is 24.3 Å². The van der Waals surface area contributed by atoms with Crippen LogP contribution in [0.3, 0.4) is 0 Å². The van der Waals surface area contributed by atoms with Crippen molar-refractivity contribution in [2.24, 2.45) is 0 Å². The molecule has 0 aromatic heterocycles. The van der Waals surface area contributed by atoms with Crippen molar-refractivity contribution < 1.29 is 24.2 Å². The van der Waals surface area contributed by atoms with Gasteiger partial charge in [0.1, 0.15) is 5.75 Å². The van der Waals surface area contributed by atoms with E-state index >= 15 is 0 Å². The lowest BCUT2D eigenvalue weighted by molar-refractivity contribution is -0.137. The number of amides is 3. The number of ether oxygens (including phenoxy) is 1. The molecule has 2 rings (SSSR count). The zero-order valence-corrected chi connectivity index (χ0v) is 15.6. The van der Waals surface area contributed by atoms with Crippen molar-refractivity contribution in [1.29, 1.82) is 0 Å². The number of carboxylic acids is 1. The Morgan fingerprint density at radius 1 is 1.04 bits per heavy atom. The monoisotopic (exact) mass is 377 g/mol. The number of carboxylic acid groups (broad SMARTS) is 1. The van der Waals surface area contributed by atoms with Gasteiger partial charge in [0.05, 0.1) is 13.5 Å². The number of hydrogen-bond acceptors (Lipinski definition) is 4. The third-order valence-corrected chi connectivity index (χ3v) is 4.54. The van der Waals surface area contributed by atoms with Crippen LogP contribution in [0.1, 0.15) is 24.8 Å². The van der Waals surface area contributed by atoms with Gasteiger partial charge in [-0.1, -0.05) is 12.1 Å². The molecule has 3 amide bonds. The molecule has 8 heteroatoms. The van der Waals surface area contributed by atoms with Gasteiger partial charge in [-0.05, 0) is 30.5 Å². The van der Waals surface area contributed by atoms with Crippen LogP contribution in [-0.2, 0) is 16.0 Å². The van der Waals surface area contributed by atoms with E-state index in [0.29, 0.717) is 45.4 Å². The normalized spacial score (nSPS) is 14.4. The van der Waals surface area contributed by atoms with Crippen LogP contribution in [-0.4, -0.2) is 72.6 Å². The summed E-state index contributed by atoms with van der Waals surface area (Å²) in [6.45, 7) is 2.23. The minimum Gasteiger partial charge on any atom is -0.497 e. The summed E-state index contributed by atoms with van der Waals surface area (Å²) in [5.74, 6) is -0.0712. The summed E-state index contributed by atoms with van der Waals surface area (Å²) in [4.78, 5) is 38.5. The van der Waals surface area contributed by atoms with E-state index in [4.69, 9.17) is 9.84 Å². The first-order valence-electron chi connectivity index (χ1n) is 9.15. The maximum absolute atomic E-state index is 12.5. The summed E-state index contributed by atoms with van der Waals surface area (Å²) >= 11 is 0. The zero-order chi connectivity index (χ0) is 19.6. The van der Waals surface area contributed by atoms with E-state index < -0.39 is 5.97 Å². The number of carbonyl (C=O) groups excluding carboxylic acids is 2. The van der Waals surface area contributed by atoms with Gasteiger partial charge in [0.2, 0.25) is 5.91 Å². The number of urea groups is 1. The first-order chi connectivity index (χ1) is 13.0. The van der Waals surface area contributed by atoms with Crippen molar-refractivity contribution >= 4 is 17.9 Å². The summed E-state index contributed by atoms with van der Waals surface area (Å²) in [7, 11) is 1.62. The number of nitrogens with zero attached hydrogens (tertiary/aromatic N) is 2. The minimum atomic E-state index is -0.945. The fourth-order valence-electron chi connectivity index (χ4n) is 2.96. The number of carbonyl (C=O) groups is 3. The minimum absolute atomic E-state index is 0.0824. The van der Waals surface area contributed by atoms with Gasteiger partial charge in [0.15, 0.2) is 0 Å². The van der Waals surface area contributed by atoms with Crippen molar-refractivity contribution in [3.63, 3.8) is 0 Å². The average Bonchev–Trinajstić information content (AvgIpc) is 2.92. The summed E-state index contributed by atoms with van der Waals surface area (Å²) < 4.78 is 5.13. The van der Waals surface area contributed by atoms with E-state index in [2.05, 4.69) is 5.32 Å². The molecule has 1 aliphatic heterocycles. The molecular formula is C19H27N3O5. The zero-order valence-electron chi connectivity index (χ0n) is 15.6. The second-order valence-corrected chi connectivity index (χ2v) is 6.45. The number of hydrogen-bond donors (Lipinski definition) is 2. The van der Waals surface area contributed by atoms with Crippen LogP contribution < -0.4 is 10.1 Å². The molecule has 1 aliphatic rings. The first kappa shape index (κ1) is 20.5. The summed E-state index contributed by atoms with van der Waals surface area (Å²) in [6, 6.07) is 7.40. The van der Waals surface area contributed by atoms with E-state index in [0.717, 1.165) is 11.3 Å². The first-order valence-corrected chi connectivity index (χ1v) is 9.15. The van der Waals surface area contributed by atoms with Crippen LogP contribution in [0.25, 0.3) is 0 Å². The highest BCUT2D eigenvalue weighted by Crippen LogP contribution is 2.13. The van der Waals surface area contributed by atoms with E-state index in [-0.39, 0.29) is 24.9 Å². The standard InChI is InChI=1S/C19H27N3O5/c1-27-16-6-3-15(4-7-16)5-8-17(23)21-11-2-12-22(14-13-21)19(26)20-10-9-18(24)25/h3-4,6-7H,2,5,8-14H2,1H3,(H,20,26)(H,24,25). The molecule has 8 nitrogen and oxygen atoms in total. The fourth-order valence-corrected chi connectivity index (χ4v) is 2.96. The molecule has 1 aromatic rings. The Morgan fingerprint density at radius 3 is 2.37 bits per heavy atom. The predicted octanol–water partition coefficient (Wildman–Crippen LogP) is 1.35. The lowest BCUT2D eigenvalue weighted by Gasteiger charge is -2.22. The van der Waals surface area contributed by atoms with Crippen molar-refractivity contribution in [3.8, 4) is 5.75 Å².